The zero-order chi connectivity index (χ0) is 20.7. The molecule has 0 bridgehead atoms. The lowest BCUT2D eigenvalue weighted by atomic mass is 9.91. The summed E-state index contributed by atoms with van der Waals surface area (Å²) in [5.41, 5.74) is 2.62. The second-order valence-corrected chi connectivity index (χ2v) is 8.17. The van der Waals surface area contributed by atoms with Gasteiger partial charge in [0.15, 0.2) is 11.5 Å². The van der Waals surface area contributed by atoms with E-state index < -0.39 is 5.67 Å². The van der Waals surface area contributed by atoms with E-state index in [1.165, 1.54) is 24.7 Å². The maximum absolute atomic E-state index is 15.6. The lowest BCUT2D eigenvalue weighted by molar-refractivity contribution is 0.109. The van der Waals surface area contributed by atoms with E-state index in [4.69, 9.17) is 0 Å². The molecule has 0 radical (unpaired) electrons. The standard InChI is InChI=1S/C22H22FN7/c1-29-14-27-28-21(29)22(23)5-8-30(9-6-22)20-16(11-24)4-7-26-19(20)18-10-17(12-25-13-18)15-2-3-15/h4,7,10,12-15H,2-3,5-6,8-9H2,1H3. The number of nitrogens with zero attached hydrogens (tertiary/aromatic N) is 7. The molecule has 0 atom stereocenters. The number of piperidine rings is 1. The Morgan fingerprint density at radius 2 is 2.03 bits per heavy atom. The van der Waals surface area contributed by atoms with Gasteiger partial charge in [-0.3, -0.25) is 9.97 Å². The van der Waals surface area contributed by atoms with E-state index in [0.29, 0.717) is 30.4 Å². The summed E-state index contributed by atoms with van der Waals surface area (Å²) in [5, 5.41) is 17.6. The summed E-state index contributed by atoms with van der Waals surface area (Å²) in [6, 6.07) is 6.13. The first-order valence-electron chi connectivity index (χ1n) is 10.2. The van der Waals surface area contributed by atoms with E-state index in [9.17, 15) is 5.26 Å². The molecule has 1 saturated heterocycles. The van der Waals surface area contributed by atoms with Crippen molar-refractivity contribution in [2.24, 2.45) is 7.05 Å². The minimum atomic E-state index is -1.52. The van der Waals surface area contributed by atoms with Crippen molar-refractivity contribution in [2.45, 2.75) is 37.3 Å². The number of aryl methyl sites for hydroxylation is 1. The van der Waals surface area contributed by atoms with Crippen molar-refractivity contribution >= 4 is 5.69 Å². The fourth-order valence-corrected chi connectivity index (χ4v) is 4.30. The molecular formula is C22H22FN7. The molecule has 1 aliphatic heterocycles. The number of pyridine rings is 2. The molecule has 8 heteroatoms. The molecule has 4 heterocycles. The molecule has 30 heavy (non-hydrogen) atoms. The van der Waals surface area contributed by atoms with Crippen LogP contribution < -0.4 is 4.90 Å². The molecule has 3 aromatic heterocycles. The fourth-order valence-electron chi connectivity index (χ4n) is 4.30. The number of hydrogen-bond donors (Lipinski definition) is 0. The van der Waals surface area contributed by atoms with E-state index >= 15 is 4.39 Å². The van der Waals surface area contributed by atoms with Crippen LogP contribution in [0.1, 0.15) is 48.6 Å². The minimum Gasteiger partial charge on any atom is -0.368 e. The van der Waals surface area contributed by atoms with Gasteiger partial charge >= 0.3 is 0 Å². The van der Waals surface area contributed by atoms with Gasteiger partial charge in [-0.2, -0.15) is 5.26 Å². The van der Waals surface area contributed by atoms with Gasteiger partial charge in [0, 0.05) is 57.1 Å². The van der Waals surface area contributed by atoms with Gasteiger partial charge in [-0.25, -0.2) is 4.39 Å². The second kappa shape index (κ2) is 7.17. The average Bonchev–Trinajstić information content (AvgIpc) is 3.54. The predicted octanol–water partition coefficient (Wildman–Crippen LogP) is 3.49. The zero-order valence-corrected chi connectivity index (χ0v) is 16.8. The lowest BCUT2D eigenvalue weighted by Crippen LogP contribution is -2.42. The second-order valence-electron chi connectivity index (χ2n) is 8.17. The molecule has 0 unspecified atom stereocenters. The molecule has 152 valence electrons. The summed E-state index contributed by atoms with van der Waals surface area (Å²) in [4.78, 5) is 11.1. The number of hydrogen-bond acceptors (Lipinski definition) is 6. The van der Waals surface area contributed by atoms with Crippen LogP contribution in [0, 0.1) is 11.3 Å². The van der Waals surface area contributed by atoms with E-state index in [0.717, 1.165) is 16.9 Å². The lowest BCUT2D eigenvalue weighted by Gasteiger charge is -2.37. The number of aromatic nitrogens is 5. The largest absolute Gasteiger partial charge is 0.368 e. The van der Waals surface area contributed by atoms with Crippen molar-refractivity contribution in [3.63, 3.8) is 0 Å². The van der Waals surface area contributed by atoms with E-state index in [-0.39, 0.29) is 12.8 Å². The van der Waals surface area contributed by atoms with Crippen molar-refractivity contribution in [3.8, 4) is 17.3 Å². The van der Waals surface area contributed by atoms with Crippen LogP contribution in [0.4, 0.5) is 10.1 Å². The normalized spacial score (nSPS) is 18.2. The first kappa shape index (κ1) is 18.7. The van der Waals surface area contributed by atoms with Crippen LogP contribution in [0.3, 0.4) is 0 Å². The van der Waals surface area contributed by atoms with Gasteiger partial charge in [0.25, 0.3) is 0 Å². The van der Waals surface area contributed by atoms with Crippen molar-refractivity contribution in [1.82, 2.24) is 24.7 Å². The van der Waals surface area contributed by atoms with E-state index in [2.05, 4.69) is 37.2 Å². The van der Waals surface area contributed by atoms with Crippen molar-refractivity contribution in [1.29, 1.82) is 5.26 Å². The Morgan fingerprint density at radius 3 is 2.70 bits per heavy atom. The van der Waals surface area contributed by atoms with Gasteiger partial charge in [-0.15, -0.1) is 10.2 Å². The molecule has 0 amide bonds. The average molecular weight is 403 g/mol. The predicted molar refractivity (Wildman–Crippen MR) is 109 cm³/mol. The first-order chi connectivity index (χ1) is 14.6. The summed E-state index contributed by atoms with van der Waals surface area (Å²) in [6.07, 6.45) is 9.82. The van der Waals surface area contributed by atoms with Crippen LogP contribution in [0.15, 0.2) is 37.1 Å². The van der Waals surface area contributed by atoms with Crippen molar-refractivity contribution < 1.29 is 4.39 Å². The number of alkyl halides is 1. The number of rotatable bonds is 4. The Bertz CT molecular complexity index is 1120. The molecule has 1 saturated carbocycles. The van der Waals surface area contributed by atoms with E-state index in [1.54, 1.807) is 30.1 Å². The summed E-state index contributed by atoms with van der Waals surface area (Å²) in [6.45, 7) is 0.930. The monoisotopic (exact) mass is 403 g/mol. The summed E-state index contributed by atoms with van der Waals surface area (Å²) < 4.78 is 17.2. The van der Waals surface area contributed by atoms with Crippen LogP contribution in [0.5, 0.6) is 0 Å². The summed E-state index contributed by atoms with van der Waals surface area (Å²) in [5.74, 6) is 0.934. The Morgan fingerprint density at radius 1 is 1.23 bits per heavy atom. The Balaban J connectivity index is 1.49. The number of anilines is 1. The topological polar surface area (TPSA) is 83.5 Å². The highest BCUT2D eigenvalue weighted by Crippen LogP contribution is 2.43. The summed E-state index contributed by atoms with van der Waals surface area (Å²) in [7, 11) is 1.76. The number of halogens is 1. The zero-order valence-electron chi connectivity index (χ0n) is 16.8. The van der Waals surface area contributed by atoms with Crippen LogP contribution in [0.25, 0.3) is 11.3 Å². The Hall–Kier alpha value is -3.34. The summed E-state index contributed by atoms with van der Waals surface area (Å²) >= 11 is 0. The fraction of sp³-hybridized carbons (Fsp3) is 0.409. The number of nitriles is 1. The smallest absolute Gasteiger partial charge is 0.173 e. The maximum Gasteiger partial charge on any atom is 0.173 e. The molecule has 2 aliphatic rings. The van der Waals surface area contributed by atoms with Crippen LogP contribution >= 0.6 is 0 Å². The highest BCUT2D eigenvalue weighted by atomic mass is 19.1. The van der Waals surface area contributed by atoms with Gasteiger partial charge in [-0.1, -0.05) is 0 Å². The molecular weight excluding hydrogens is 381 g/mol. The highest BCUT2D eigenvalue weighted by Gasteiger charge is 2.41. The third-order valence-corrected chi connectivity index (χ3v) is 6.11. The van der Waals surface area contributed by atoms with E-state index in [1.807, 2.05) is 6.20 Å². The quantitative estimate of drug-likeness (QED) is 0.663. The SMILES string of the molecule is Cn1cnnc1C1(F)CCN(c2c(C#N)ccnc2-c2cncc(C3CC3)c2)CC1. The molecule has 3 aromatic rings. The third kappa shape index (κ3) is 3.20. The molecule has 0 spiro atoms. The van der Waals surface area contributed by atoms with Crippen molar-refractivity contribution in [3.05, 3.63) is 54.0 Å². The van der Waals surface area contributed by atoms with Gasteiger partial charge in [0.05, 0.1) is 16.9 Å². The molecule has 7 nitrogen and oxygen atoms in total. The molecule has 1 aliphatic carbocycles. The first-order valence-corrected chi connectivity index (χ1v) is 10.2. The van der Waals surface area contributed by atoms with Crippen LogP contribution in [-0.4, -0.2) is 37.8 Å². The molecule has 0 N–H and O–H groups in total. The van der Waals surface area contributed by atoms with Gasteiger partial charge in [-0.05, 0) is 36.5 Å². The minimum absolute atomic E-state index is 0.277. The van der Waals surface area contributed by atoms with Gasteiger partial charge in [0.2, 0.25) is 0 Å². The third-order valence-electron chi connectivity index (χ3n) is 6.11. The van der Waals surface area contributed by atoms with Gasteiger partial charge in [0.1, 0.15) is 12.4 Å². The Labute approximate surface area is 174 Å². The molecule has 2 fully saturated rings. The molecule has 5 rings (SSSR count). The highest BCUT2D eigenvalue weighted by molar-refractivity contribution is 5.79. The maximum atomic E-state index is 15.6. The van der Waals surface area contributed by atoms with Crippen LogP contribution in [-0.2, 0) is 12.7 Å². The van der Waals surface area contributed by atoms with Crippen LogP contribution in [0.2, 0.25) is 0 Å². The van der Waals surface area contributed by atoms with Gasteiger partial charge < -0.3 is 9.47 Å². The molecule has 0 aromatic carbocycles. The Kier molecular flexibility index (Phi) is 4.46. The van der Waals surface area contributed by atoms with Crippen molar-refractivity contribution in [2.75, 3.05) is 18.0 Å².